The first-order chi connectivity index (χ1) is 7.84. The SMILES string of the molecule is Fc1ccc2ccn(-c3ccccc3)c2c1. The molecule has 3 aromatic rings. The molecule has 0 spiro atoms. The van der Waals surface area contributed by atoms with E-state index >= 15 is 0 Å². The van der Waals surface area contributed by atoms with Crippen LogP contribution in [0.15, 0.2) is 60.8 Å². The minimum Gasteiger partial charge on any atom is -0.316 e. The molecule has 0 N–H and O–H groups in total. The van der Waals surface area contributed by atoms with E-state index < -0.39 is 0 Å². The summed E-state index contributed by atoms with van der Waals surface area (Å²) in [6.45, 7) is 0. The van der Waals surface area contributed by atoms with Crippen LogP contribution in [0.3, 0.4) is 0 Å². The lowest BCUT2D eigenvalue weighted by Gasteiger charge is -2.04. The third-order valence-electron chi connectivity index (χ3n) is 2.69. The van der Waals surface area contributed by atoms with E-state index in [2.05, 4.69) is 0 Å². The Kier molecular flexibility index (Phi) is 2.00. The molecule has 1 nitrogen and oxygen atoms in total. The molecule has 0 fully saturated rings. The highest BCUT2D eigenvalue weighted by Gasteiger charge is 2.03. The summed E-state index contributed by atoms with van der Waals surface area (Å²) in [6.07, 6.45) is 1.96. The standard InChI is InChI=1S/C14H10FN/c15-12-7-6-11-8-9-16(14(11)10-12)13-4-2-1-3-5-13/h1-10H. The van der Waals surface area contributed by atoms with Crippen molar-refractivity contribution in [3.8, 4) is 5.69 Å². The van der Waals surface area contributed by atoms with Crippen LogP contribution < -0.4 is 0 Å². The second kappa shape index (κ2) is 3.49. The summed E-state index contributed by atoms with van der Waals surface area (Å²) in [5.74, 6) is -0.205. The first-order valence-corrected chi connectivity index (χ1v) is 5.17. The Balaban J connectivity index is 2.29. The number of rotatable bonds is 1. The van der Waals surface area contributed by atoms with Crippen molar-refractivity contribution >= 4 is 10.9 Å². The van der Waals surface area contributed by atoms with Crippen molar-refractivity contribution < 1.29 is 4.39 Å². The summed E-state index contributed by atoms with van der Waals surface area (Å²) in [5.41, 5.74) is 1.94. The van der Waals surface area contributed by atoms with Gasteiger partial charge in [0.1, 0.15) is 5.82 Å². The summed E-state index contributed by atoms with van der Waals surface area (Å²) < 4.78 is 15.2. The number of nitrogens with zero attached hydrogens (tertiary/aromatic N) is 1. The van der Waals surface area contributed by atoms with E-state index in [1.54, 1.807) is 12.1 Å². The smallest absolute Gasteiger partial charge is 0.125 e. The minimum atomic E-state index is -0.205. The summed E-state index contributed by atoms with van der Waals surface area (Å²) >= 11 is 0. The fraction of sp³-hybridized carbons (Fsp3) is 0. The Bertz CT molecular complexity index is 626. The average Bonchev–Trinajstić information content (AvgIpc) is 2.73. The lowest BCUT2D eigenvalue weighted by Crippen LogP contribution is -1.90. The molecule has 3 rings (SSSR count). The van der Waals surface area contributed by atoms with E-state index in [1.807, 2.05) is 47.2 Å². The third-order valence-corrected chi connectivity index (χ3v) is 2.69. The van der Waals surface area contributed by atoms with E-state index in [0.29, 0.717) is 0 Å². The van der Waals surface area contributed by atoms with Gasteiger partial charge in [-0.25, -0.2) is 4.39 Å². The lowest BCUT2D eigenvalue weighted by molar-refractivity contribution is 0.629. The molecular formula is C14H10FN. The molecule has 0 bridgehead atoms. The first-order valence-electron chi connectivity index (χ1n) is 5.17. The molecule has 1 heterocycles. The number of benzene rings is 2. The van der Waals surface area contributed by atoms with Gasteiger partial charge in [-0.3, -0.25) is 0 Å². The van der Waals surface area contributed by atoms with Crippen LogP contribution in [0.1, 0.15) is 0 Å². The molecule has 0 amide bonds. The monoisotopic (exact) mass is 211 g/mol. The molecule has 2 heteroatoms. The van der Waals surface area contributed by atoms with Crippen LogP contribution in [0.25, 0.3) is 16.6 Å². The molecule has 1 aromatic heterocycles. The molecule has 0 unspecified atom stereocenters. The van der Waals surface area contributed by atoms with Crippen molar-refractivity contribution in [1.29, 1.82) is 0 Å². The van der Waals surface area contributed by atoms with E-state index in [9.17, 15) is 4.39 Å². The van der Waals surface area contributed by atoms with Crippen LogP contribution in [0.5, 0.6) is 0 Å². The van der Waals surface area contributed by atoms with Gasteiger partial charge in [-0.2, -0.15) is 0 Å². The largest absolute Gasteiger partial charge is 0.316 e. The highest BCUT2D eigenvalue weighted by Crippen LogP contribution is 2.20. The molecule has 0 aliphatic carbocycles. The number of para-hydroxylation sites is 1. The highest BCUT2D eigenvalue weighted by molar-refractivity contribution is 5.81. The normalized spacial score (nSPS) is 10.8. The van der Waals surface area contributed by atoms with Gasteiger partial charge in [-0.15, -0.1) is 0 Å². The van der Waals surface area contributed by atoms with Gasteiger partial charge in [0.25, 0.3) is 0 Å². The quantitative estimate of drug-likeness (QED) is 0.577. The fourth-order valence-corrected chi connectivity index (χ4v) is 1.92. The number of aromatic nitrogens is 1. The fourth-order valence-electron chi connectivity index (χ4n) is 1.92. The van der Waals surface area contributed by atoms with E-state index in [0.717, 1.165) is 16.6 Å². The Morgan fingerprint density at radius 1 is 0.875 bits per heavy atom. The summed E-state index contributed by atoms with van der Waals surface area (Å²) in [5, 5.41) is 1.05. The van der Waals surface area contributed by atoms with Crippen LogP contribution in [0.2, 0.25) is 0 Å². The van der Waals surface area contributed by atoms with Crippen molar-refractivity contribution in [2.75, 3.05) is 0 Å². The number of hydrogen-bond acceptors (Lipinski definition) is 0. The summed E-state index contributed by atoms with van der Waals surface area (Å²) in [4.78, 5) is 0. The van der Waals surface area contributed by atoms with Gasteiger partial charge in [0.15, 0.2) is 0 Å². The Hall–Kier alpha value is -2.09. The number of fused-ring (bicyclic) bond motifs is 1. The van der Waals surface area contributed by atoms with Gasteiger partial charge in [0.05, 0.1) is 5.52 Å². The van der Waals surface area contributed by atoms with Gasteiger partial charge < -0.3 is 4.57 Å². The molecule has 0 saturated heterocycles. The molecule has 0 aliphatic rings. The molecule has 0 atom stereocenters. The van der Waals surface area contributed by atoms with Crippen molar-refractivity contribution in [2.24, 2.45) is 0 Å². The van der Waals surface area contributed by atoms with Crippen molar-refractivity contribution in [3.63, 3.8) is 0 Å². The van der Waals surface area contributed by atoms with Crippen LogP contribution >= 0.6 is 0 Å². The van der Waals surface area contributed by atoms with Gasteiger partial charge in [-0.05, 0) is 36.4 Å². The van der Waals surface area contributed by atoms with Gasteiger partial charge >= 0.3 is 0 Å². The zero-order valence-corrected chi connectivity index (χ0v) is 8.60. The topological polar surface area (TPSA) is 4.93 Å². The Morgan fingerprint density at radius 2 is 1.69 bits per heavy atom. The van der Waals surface area contributed by atoms with Crippen molar-refractivity contribution in [1.82, 2.24) is 4.57 Å². The van der Waals surface area contributed by atoms with Gasteiger partial charge in [0, 0.05) is 17.3 Å². The molecule has 0 aliphatic heterocycles. The average molecular weight is 211 g/mol. The molecule has 0 saturated carbocycles. The zero-order chi connectivity index (χ0) is 11.0. The lowest BCUT2D eigenvalue weighted by atomic mass is 10.2. The third kappa shape index (κ3) is 1.39. The first kappa shape index (κ1) is 9.16. The number of halogens is 1. The maximum Gasteiger partial charge on any atom is 0.125 e. The number of hydrogen-bond donors (Lipinski definition) is 0. The summed E-state index contributed by atoms with van der Waals surface area (Å²) in [7, 11) is 0. The van der Waals surface area contributed by atoms with Crippen LogP contribution in [0, 0.1) is 5.82 Å². The highest BCUT2D eigenvalue weighted by atomic mass is 19.1. The van der Waals surface area contributed by atoms with Crippen LogP contribution in [-0.2, 0) is 0 Å². The van der Waals surface area contributed by atoms with Gasteiger partial charge in [0.2, 0.25) is 0 Å². The molecule has 78 valence electrons. The molecule has 2 aromatic carbocycles. The van der Waals surface area contributed by atoms with Crippen molar-refractivity contribution in [2.45, 2.75) is 0 Å². The second-order valence-corrected chi connectivity index (χ2v) is 3.72. The maximum atomic E-state index is 13.2. The van der Waals surface area contributed by atoms with E-state index in [1.165, 1.54) is 6.07 Å². The zero-order valence-electron chi connectivity index (χ0n) is 8.60. The summed E-state index contributed by atoms with van der Waals surface area (Å²) in [6, 6.07) is 16.7. The van der Waals surface area contributed by atoms with Crippen LogP contribution in [-0.4, -0.2) is 4.57 Å². The van der Waals surface area contributed by atoms with Crippen molar-refractivity contribution in [3.05, 3.63) is 66.6 Å². The molecule has 16 heavy (non-hydrogen) atoms. The molecular weight excluding hydrogens is 201 g/mol. The van der Waals surface area contributed by atoms with Crippen LogP contribution in [0.4, 0.5) is 4.39 Å². The van der Waals surface area contributed by atoms with E-state index in [-0.39, 0.29) is 5.82 Å². The predicted octanol–water partition coefficient (Wildman–Crippen LogP) is 3.77. The second-order valence-electron chi connectivity index (χ2n) is 3.72. The Morgan fingerprint density at radius 3 is 2.50 bits per heavy atom. The maximum absolute atomic E-state index is 13.2. The van der Waals surface area contributed by atoms with E-state index in [4.69, 9.17) is 0 Å². The molecule has 0 radical (unpaired) electrons. The Labute approximate surface area is 92.8 Å². The minimum absolute atomic E-state index is 0.205. The van der Waals surface area contributed by atoms with Gasteiger partial charge in [-0.1, -0.05) is 18.2 Å². The predicted molar refractivity (Wildman–Crippen MR) is 63.2 cm³/mol.